The fourth-order valence-electron chi connectivity index (χ4n) is 0.814. The van der Waals surface area contributed by atoms with Gasteiger partial charge >= 0.3 is 0 Å². The fraction of sp³-hybridized carbons (Fsp3) is 0.182. The number of aromatic nitrogens is 1. The van der Waals surface area contributed by atoms with Crippen LogP contribution < -0.4 is 0 Å². The van der Waals surface area contributed by atoms with E-state index in [-0.39, 0.29) is 0 Å². The molecule has 0 aliphatic carbocycles. The van der Waals surface area contributed by atoms with Crippen LogP contribution in [0.15, 0.2) is 47.1 Å². The number of hydrogen-bond acceptors (Lipinski definition) is 2. The third kappa shape index (κ3) is 4.11. The maximum Gasteiger partial charge on any atom is 0.133 e. The van der Waals surface area contributed by atoms with Crippen LogP contribution in [0, 0.1) is 13.8 Å². The Balaban J connectivity index is 0.000000132. The SMILES string of the molecule is Cc1ccccc1.Cc1ccno1. The van der Waals surface area contributed by atoms with Gasteiger partial charge in [-0.05, 0) is 13.8 Å². The molecule has 1 heterocycles. The lowest BCUT2D eigenvalue weighted by Crippen LogP contribution is -1.62. The topological polar surface area (TPSA) is 26.0 Å². The second-order valence-corrected chi connectivity index (χ2v) is 2.78. The van der Waals surface area contributed by atoms with E-state index in [4.69, 9.17) is 0 Å². The van der Waals surface area contributed by atoms with E-state index < -0.39 is 0 Å². The summed E-state index contributed by atoms with van der Waals surface area (Å²) in [5.74, 6) is 0.856. The molecule has 2 heteroatoms. The maximum absolute atomic E-state index is 4.58. The molecule has 0 spiro atoms. The van der Waals surface area contributed by atoms with Crippen LogP contribution in [0.5, 0.6) is 0 Å². The highest BCUT2D eigenvalue weighted by atomic mass is 16.5. The molecule has 1 aromatic carbocycles. The fourth-order valence-corrected chi connectivity index (χ4v) is 0.814. The molecule has 0 aliphatic heterocycles. The summed E-state index contributed by atoms with van der Waals surface area (Å²) in [6.07, 6.45) is 1.62. The summed E-state index contributed by atoms with van der Waals surface area (Å²) in [4.78, 5) is 0. The molecule has 0 aliphatic rings. The van der Waals surface area contributed by atoms with Crippen LogP contribution in [0.25, 0.3) is 0 Å². The molecule has 0 saturated carbocycles. The van der Waals surface area contributed by atoms with Crippen LogP contribution in [0.4, 0.5) is 0 Å². The van der Waals surface area contributed by atoms with Crippen LogP contribution in [0.3, 0.4) is 0 Å². The van der Waals surface area contributed by atoms with Crippen LogP contribution in [0.1, 0.15) is 11.3 Å². The van der Waals surface area contributed by atoms with Crippen molar-refractivity contribution >= 4 is 0 Å². The molecule has 2 nitrogen and oxygen atoms in total. The van der Waals surface area contributed by atoms with Gasteiger partial charge in [-0.15, -0.1) is 0 Å². The predicted octanol–water partition coefficient (Wildman–Crippen LogP) is 2.98. The molecule has 0 unspecified atom stereocenters. The van der Waals surface area contributed by atoms with Gasteiger partial charge in [0.2, 0.25) is 0 Å². The van der Waals surface area contributed by atoms with Gasteiger partial charge in [0.15, 0.2) is 0 Å². The lowest BCUT2D eigenvalue weighted by Gasteiger charge is -1.82. The van der Waals surface area contributed by atoms with E-state index in [9.17, 15) is 0 Å². The molecule has 2 rings (SSSR count). The molecule has 2 aromatic rings. The van der Waals surface area contributed by atoms with Crippen molar-refractivity contribution in [3.8, 4) is 0 Å². The predicted molar refractivity (Wildman–Crippen MR) is 52.4 cm³/mol. The van der Waals surface area contributed by atoms with Crippen molar-refractivity contribution in [2.24, 2.45) is 0 Å². The molecule has 0 saturated heterocycles. The number of hydrogen-bond donors (Lipinski definition) is 0. The summed E-state index contributed by atoms with van der Waals surface area (Å²) in [6, 6.07) is 12.1. The Bertz CT molecular complexity index is 313. The normalized spacial score (nSPS) is 8.77. The van der Waals surface area contributed by atoms with Crippen molar-refractivity contribution in [2.75, 3.05) is 0 Å². The number of benzene rings is 1. The van der Waals surface area contributed by atoms with Crippen molar-refractivity contribution in [1.29, 1.82) is 0 Å². The standard InChI is InChI=1S/C7H8.C4H5NO/c1-7-5-3-2-4-6-7;1-4-2-3-5-6-4/h2-6H,1H3;2-3H,1H3. The largest absolute Gasteiger partial charge is 0.362 e. The number of aryl methyl sites for hydroxylation is 2. The average molecular weight is 175 g/mol. The Hall–Kier alpha value is -1.57. The minimum Gasteiger partial charge on any atom is -0.362 e. The summed E-state index contributed by atoms with van der Waals surface area (Å²) < 4.78 is 4.58. The number of rotatable bonds is 0. The van der Waals surface area contributed by atoms with Gasteiger partial charge in [-0.1, -0.05) is 41.1 Å². The van der Waals surface area contributed by atoms with E-state index in [1.54, 1.807) is 12.3 Å². The molecule has 0 radical (unpaired) electrons. The zero-order valence-corrected chi connectivity index (χ0v) is 7.90. The van der Waals surface area contributed by atoms with Crippen molar-refractivity contribution in [3.05, 3.63) is 53.9 Å². The quantitative estimate of drug-likeness (QED) is 0.615. The van der Waals surface area contributed by atoms with Gasteiger partial charge in [-0.25, -0.2) is 0 Å². The monoisotopic (exact) mass is 175 g/mol. The van der Waals surface area contributed by atoms with Crippen molar-refractivity contribution in [2.45, 2.75) is 13.8 Å². The van der Waals surface area contributed by atoms with E-state index in [1.165, 1.54) is 5.56 Å². The first-order chi connectivity index (χ1) is 6.29. The minimum absolute atomic E-state index is 0.856. The Morgan fingerprint density at radius 1 is 1.00 bits per heavy atom. The molecule has 0 amide bonds. The maximum atomic E-state index is 4.58. The number of nitrogens with zero attached hydrogens (tertiary/aromatic N) is 1. The van der Waals surface area contributed by atoms with Crippen molar-refractivity contribution in [3.63, 3.8) is 0 Å². The van der Waals surface area contributed by atoms with Crippen molar-refractivity contribution in [1.82, 2.24) is 5.16 Å². The minimum atomic E-state index is 0.856. The molecular weight excluding hydrogens is 162 g/mol. The molecule has 0 fully saturated rings. The van der Waals surface area contributed by atoms with Crippen molar-refractivity contribution < 1.29 is 4.52 Å². The first-order valence-corrected chi connectivity index (χ1v) is 4.18. The van der Waals surface area contributed by atoms with Crippen LogP contribution in [0.2, 0.25) is 0 Å². The van der Waals surface area contributed by atoms with Gasteiger partial charge in [0.25, 0.3) is 0 Å². The van der Waals surface area contributed by atoms with Gasteiger partial charge < -0.3 is 4.52 Å². The Kier molecular flexibility index (Phi) is 3.76. The second kappa shape index (κ2) is 5.14. The molecule has 68 valence electrons. The molecule has 13 heavy (non-hydrogen) atoms. The zero-order chi connectivity index (χ0) is 9.52. The van der Waals surface area contributed by atoms with Gasteiger partial charge in [-0.2, -0.15) is 0 Å². The summed E-state index contributed by atoms with van der Waals surface area (Å²) in [6.45, 7) is 3.94. The van der Waals surface area contributed by atoms with E-state index in [1.807, 2.05) is 25.1 Å². The van der Waals surface area contributed by atoms with Crippen LogP contribution >= 0.6 is 0 Å². The van der Waals surface area contributed by atoms with Crippen LogP contribution in [-0.2, 0) is 0 Å². The zero-order valence-electron chi connectivity index (χ0n) is 7.90. The Labute approximate surface area is 78.2 Å². The van der Waals surface area contributed by atoms with Crippen LogP contribution in [-0.4, -0.2) is 5.16 Å². The van der Waals surface area contributed by atoms with E-state index in [2.05, 4.69) is 28.7 Å². The third-order valence-electron chi connectivity index (χ3n) is 1.51. The first kappa shape index (κ1) is 9.52. The second-order valence-electron chi connectivity index (χ2n) is 2.78. The van der Waals surface area contributed by atoms with Gasteiger partial charge in [0.1, 0.15) is 5.76 Å². The summed E-state index contributed by atoms with van der Waals surface area (Å²) in [7, 11) is 0. The third-order valence-corrected chi connectivity index (χ3v) is 1.51. The van der Waals surface area contributed by atoms with E-state index in [0.717, 1.165) is 5.76 Å². The van der Waals surface area contributed by atoms with Gasteiger partial charge in [0, 0.05) is 6.07 Å². The lowest BCUT2D eigenvalue weighted by atomic mass is 10.2. The Morgan fingerprint density at radius 3 is 1.92 bits per heavy atom. The molecule has 0 atom stereocenters. The molecule has 0 N–H and O–H groups in total. The summed E-state index contributed by atoms with van der Waals surface area (Å²) >= 11 is 0. The lowest BCUT2D eigenvalue weighted by molar-refractivity contribution is 0.397. The summed E-state index contributed by atoms with van der Waals surface area (Å²) in [5.41, 5.74) is 1.32. The average Bonchev–Trinajstić information content (AvgIpc) is 2.58. The molecule has 0 bridgehead atoms. The highest BCUT2D eigenvalue weighted by molar-refractivity contribution is 5.11. The van der Waals surface area contributed by atoms with E-state index >= 15 is 0 Å². The molecular formula is C11H13NO. The highest BCUT2D eigenvalue weighted by Gasteiger charge is 1.78. The van der Waals surface area contributed by atoms with Gasteiger partial charge in [0.05, 0.1) is 6.20 Å². The van der Waals surface area contributed by atoms with E-state index in [0.29, 0.717) is 0 Å². The first-order valence-electron chi connectivity index (χ1n) is 4.18. The van der Waals surface area contributed by atoms with Gasteiger partial charge in [-0.3, -0.25) is 0 Å². The highest BCUT2D eigenvalue weighted by Crippen LogP contribution is 1.92. The Morgan fingerprint density at radius 2 is 1.69 bits per heavy atom. The smallest absolute Gasteiger partial charge is 0.133 e. The summed E-state index contributed by atoms with van der Waals surface area (Å²) in [5, 5.41) is 3.45. The molecule has 1 aromatic heterocycles.